The Hall–Kier alpha value is -3.56. The van der Waals surface area contributed by atoms with E-state index < -0.39 is 12.5 Å². The normalized spacial score (nSPS) is 14.6. The summed E-state index contributed by atoms with van der Waals surface area (Å²) < 4.78 is 29.5. The van der Waals surface area contributed by atoms with Crippen molar-refractivity contribution >= 4 is 23.0 Å². The van der Waals surface area contributed by atoms with Gasteiger partial charge in [-0.25, -0.2) is 23.3 Å². The second kappa shape index (κ2) is 7.29. The molecule has 1 saturated heterocycles. The second-order valence-electron chi connectivity index (χ2n) is 7.85. The number of nitrogens with one attached hydrogen (secondary N) is 1. The number of aromatic nitrogens is 5. The summed E-state index contributed by atoms with van der Waals surface area (Å²) in [5, 5.41) is 6.80. The van der Waals surface area contributed by atoms with Crippen LogP contribution in [-0.2, 0) is 0 Å². The quantitative estimate of drug-likeness (QED) is 0.531. The zero-order valence-corrected chi connectivity index (χ0v) is 16.9. The highest BCUT2D eigenvalue weighted by molar-refractivity contribution is 5.93. The number of halogens is 2. The summed E-state index contributed by atoms with van der Waals surface area (Å²) in [5.74, 6) is -2.75. The molecule has 1 amide bonds. The predicted molar refractivity (Wildman–Crippen MR) is 111 cm³/mol. The summed E-state index contributed by atoms with van der Waals surface area (Å²) in [4.78, 5) is 23.3. The van der Waals surface area contributed by atoms with Crippen LogP contribution >= 0.6 is 0 Å². The average molecular weight is 425 g/mol. The third-order valence-electron chi connectivity index (χ3n) is 5.40. The van der Waals surface area contributed by atoms with E-state index in [1.165, 1.54) is 0 Å². The van der Waals surface area contributed by atoms with Crippen molar-refractivity contribution in [3.8, 4) is 11.1 Å². The largest absolute Gasteiger partial charge is 0.347 e. The Morgan fingerprint density at radius 2 is 1.97 bits per heavy atom. The van der Waals surface area contributed by atoms with E-state index in [-0.39, 0.29) is 11.9 Å². The number of amides is 1. The minimum Gasteiger partial charge on any atom is -0.347 e. The topological polar surface area (TPSA) is 79.8 Å². The summed E-state index contributed by atoms with van der Waals surface area (Å²) in [6.45, 7) is 1.83. The number of nitrogens with zero attached hydrogens (tertiary/aromatic N) is 6. The number of hydrogen-bond donors (Lipinski definition) is 1. The fraction of sp³-hybridized carbons (Fsp3) is 0.333. The number of alkyl halides is 2. The molecule has 31 heavy (non-hydrogen) atoms. The van der Waals surface area contributed by atoms with Crippen molar-refractivity contribution in [2.24, 2.45) is 0 Å². The first-order valence-corrected chi connectivity index (χ1v) is 10.1. The number of carbonyl (C=O) groups is 1. The Labute approximate surface area is 176 Å². The smallest absolute Gasteiger partial charge is 0.272 e. The maximum atomic E-state index is 13.1. The molecular weight excluding hydrogens is 404 g/mol. The molecule has 4 aromatic rings. The van der Waals surface area contributed by atoms with Crippen LogP contribution in [0.25, 0.3) is 22.3 Å². The lowest BCUT2D eigenvalue weighted by atomic mass is 10.1. The van der Waals surface area contributed by atoms with E-state index in [1.807, 2.05) is 29.3 Å². The van der Waals surface area contributed by atoms with Crippen LogP contribution in [0.4, 0.5) is 14.7 Å². The lowest BCUT2D eigenvalue weighted by Gasteiger charge is -2.14. The molecule has 0 aromatic carbocycles. The predicted octanol–water partition coefficient (Wildman–Crippen LogP) is 3.35. The average Bonchev–Trinajstić information content (AvgIpc) is 3.49. The number of imidazole rings is 1. The van der Waals surface area contributed by atoms with E-state index in [1.54, 1.807) is 27.5 Å². The number of rotatable bonds is 5. The van der Waals surface area contributed by atoms with Gasteiger partial charge < -0.3 is 10.2 Å². The number of hydrogen-bond acceptors (Lipinski definition) is 5. The van der Waals surface area contributed by atoms with Crippen LogP contribution in [0.3, 0.4) is 0 Å². The molecule has 0 spiro atoms. The summed E-state index contributed by atoms with van der Waals surface area (Å²) in [5.41, 5.74) is 3.68. The van der Waals surface area contributed by atoms with Crippen LogP contribution in [0.1, 0.15) is 30.3 Å². The highest BCUT2D eigenvalue weighted by Gasteiger charge is 2.23. The summed E-state index contributed by atoms with van der Waals surface area (Å²) in [6, 6.07) is 5.66. The number of anilines is 1. The molecule has 1 fully saturated rings. The van der Waals surface area contributed by atoms with Crippen molar-refractivity contribution in [2.45, 2.75) is 25.7 Å². The second-order valence-corrected chi connectivity index (χ2v) is 7.85. The van der Waals surface area contributed by atoms with Gasteiger partial charge in [0.1, 0.15) is 11.3 Å². The minimum atomic E-state index is -2.86. The zero-order chi connectivity index (χ0) is 21.6. The van der Waals surface area contributed by atoms with Gasteiger partial charge in [-0.15, -0.1) is 5.10 Å². The van der Waals surface area contributed by atoms with E-state index in [4.69, 9.17) is 0 Å². The van der Waals surface area contributed by atoms with Crippen molar-refractivity contribution in [3.63, 3.8) is 0 Å². The molecule has 160 valence electrons. The lowest BCUT2D eigenvalue weighted by Crippen LogP contribution is -2.28. The van der Waals surface area contributed by atoms with Crippen LogP contribution in [0.5, 0.6) is 0 Å². The molecule has 1 aliphatic rings. The maximum absolute atomic E-state index is 13.1. The Balaban J connectivity index is 1.48. The van der Waals surface area contributed by atoms with Crippen LogP contribution in [0.15, 0.2) is 43.0 Å². The van der Waals surface area contributed by atoms with Crippen molar-refractivity contribution in [2.75, 3.05) is 25.0 Å². The number of pyridine rings is 1. The molecule has 0 unspecified atom stereocenters. The van der Waals surface area contributed by atoms with E-state index in [0.717, 1.165) is 49.5 Å². The van der Waals surface area contributed by atoms with E-state index in [9.17, 15) is 13.6 Å². The standard InChI is InChI=1S/C21H21F2N7O/c1-21(22,23)13-26-20-25-10-16-15(6-9-30(16)27-20)14-4-5-18-24-11-17(29(18)12-14)19(31)28-7-2-3-8-28/h4-6,9-12H,2-3,7-8,13H2,1H3,(H,26,27). The van der Waals surface area contributed by atoms with Gasteiger partial charge >= 0.3 is 0 Å². The van der Waals surface area contributed by atoms with Crippen LogP contribution < -0.4 is 5.32 Å². The Bertz CT molecular complexity index is 1270. The van der Waals surface area contributed by atoms with Gasteiger partial charge in [0.05, 0.1) is 24.5 Å². The zero-order valence-electron chi connectivity index (χ0n) is 16.9. The highest BCUT2D eigenvalue weighted by atomic mass is 19.3. The van der Waals surface area contributed by atoms with Crippen molar-refractivity contribution < 1.29 is 13.6 Å². The third-order valence-corrected chi connectivity index (χ3v) is 5.40. The van der Waals surface area contributed by atoms with Gasteiger partial charge in [-0.05, 0) is 31.0 Å². The molecule has 0 radical (unpaired) electrons. The van der Waals surface area contributed by atoms with E-state index >= 15 is 0 Å². The Morgan fingerprint density at radius 1 is 1.16 bits per heavy atom. The molecule has 10 heteroatoms. The van der Waals surface area contributed by atoms with Crippen molar-refractivity contribution in [1.82, 2.24) is 28.9 Å². The first-order valence-electron chi connectivity index (χ1n) is 10.1. The van der Waals surface area contributed by atoms with Gasteiger partial charge in [-0.2, -0.15) is 0 Å². The van der Waals surface area contributed by atoms with Gasteiger partial charge in [0.2, 0.25) is 5.95 Å². The fourth-order valence-electron chi connectivity index (χ4n) is 3.84. The van der Waals surface area contributed by atoms with Gasteiger partial charge in [-0.3, -0.25) is 9.20 Å². The van der Waals surface area contributed by atoms with Crippen LogP contribution in [-0.4, -0.2) is 60.3 Å². The van der Waals surface area contributed by atoms with Crippen LogP contribution in [0, 0.1) is 0 Å². The maximum Gasteiger partial charge on any atom is 0.272 e. The third kappa shape index (κ3) is 3.69. The van der Waals surface area contributed by atoms with Gasteiger partial charge in [-0.1, -0.05) is 0 Å². The molecule has 8 nitrogen and oxygen atoms in total. The number of fused-ring (bicyclic) bond motifs is 2. The summed E-state index contributed by atoms with van der Waals surface area (Å²) >= 11 is 0. The summed E-state index contributed by atoms with van der Waals surface area (Å²) in [6.07, 6.45) is 8.88. The Kier molecular flexibility index (Phi) is 4.57. The molecule has 5 rings (SSSR count). The minimum absolute atomic E-state index is 0.0179. The molecule has 0 aliphatic carbocycles. The van der Waals surface area contributed by atoms with E-state index in [2.05, 4.69) is 20.4 Å². The first kappa shape index (κ1) is 19.4. The van der Waals surface area contributed by atoms with Crippen molar-refractivity contribution in [3.05, 3.63) is 48.7 Å². The molecule has 4 aromatic heterocycles. The van der Waals surface area contributed by atoms with Gasteiger partial charge in [0.25, 0.3) is 11.8 Å². The molecule has 0 bridgehead atoms. The fourth-order valence-corrected chi connectivity index (χ4v) is 3.84. The highest BCUT2D eigenvalue weighted by Crippen LogP contribution is 2.27. The van der Waals surface area contributed by atoms with Crippen LogP contribution in [0.2, 0.25) is 0 Å². The molecule has 1 aliphatic heterocycles. The SMILES string of the molecule is CC(F)(F)CNc1ncc2c(-c3ccc4ncc(C(=O)N5CCCC5)n4c3)ccn2n1. The lowest BCUT2D eigenvalue weighted by molar-refractivity contribution is 0.0365. The van der Waals surface area contributed by atoms with E-state index in [0.29, 0.717) is 11.3 Å². The summed E-state index contributed by atoms with van der Waals surface area (Å²) in [7, 11) is 0. The monoisotopic (exact) mass is 425 g/mol. The van der Waals surface area contributed by atoms with Gasteiger partial charge in [0, 0.05) is 43.5 Å². The molecule has 0 saturated carbocycles. The van der Waals surface area contributed by atoms with Crippen molar-refractivity contribution in [1.29, 1.82) is 0 Å². The molecule has 1 N–H and O–H groups in total. The molecular formula is C21H21F2N7O. The Morgan fingerprint density at radius 3 is 2.74 bits per heavy atom. The number of likely N-dealkylation sites (tertiary alicyclic amines) is 1. The first-order chi connectivity index (χ1) is 14.9. The molecule has 5 heterocycles. The van der Waals surface area contributed by atoms with Gasteiger partial charge in [0.15, 0.2) is 0 Å². The molecule has 0 atom stereocenters. The number of carbonyl (C=O) groups excluding carboxylic acids is 1.